The summed E-state index contributed by atoms with van der Waals surface area (Å²) in [7, 11) is 1.50. The number of aliphatic hydroxyl groups is 2. The van der Waals surface area contributed by atoms with Crippen LogP contribution in [0.25, 0.3) is 6.08 Å². The number of phenols is 2. The first-order chi connectivity index (χ1) is 12.6. The zero-order chi connectivity index (χ0) is 18.7. The number of hydrogen-bond donors (Lipinski definition) is 4. The van der Waals surface area contributed by atoms with E-state index >= 15 is 0 Å². The van der Waals surface area contributed by atoms with Crippen LogP contribution >= 0.6 is 0 Å². The zero-order valence-electron chi connectivity index (χ0n) is 14.1. The summed E-state index contributed by atoms with van der Waals surface area (Å²) in [6, 6.07) is 7.76. The molecule has 0 amide bonds. The van der Waals surface area contributed by atoms with Crippen LogP contribution in [0.4, 0.5) is 0 Å². The molecule has 0 aromatic heterocycles. The van der Waals surface area contributed by atoms with Crippen LogP contribution in [-0.2, 0) is 0 Å². The maximum absolute atomic E-state index is 9.75. The third-order valence-corrected chi connectivity index (χ3v) is 4.05. The van der Waals surface area contributed by atoms with Gasteiger partial charge >= 0.3 is 0 Å². The van der Waals surface area contributed by atoms with Gasteiger partial charge in [-0.2, -0.15) is 0 Å². The maximum atomic E-state index is 9.75. The first-order valence-electron chi connectivity index (χ1n) is 8.02. The molecule has 138 valence electrons. The summed E-state index contributed by atoms with van der Waals surface area (Å²) < 4.78 is 17.3. The number of ether oxygens (including phenoxy) is 3. The predicted molar refractivity (Wildman–Crippen MR) is 93.8 cm³/mol. The minimum Gasteiger partial charge on any atom is -0.504 e. The van der Waals surface area contributed by atoms with E-state index < -0.39 is 12.2 Å². The van der Waals surface area contributed by atoms with Crippen molar-refractivity contribution in [2.24, 2.45) is 0 Å². The Hall–Kier alpha value is -2.90. The summed E-state index contributed by atoms with van der Waals surface area (Å²) >= 11 is 0. The van der Waals surface area contributed by atoms with Gasteiger partial charge in [0.05, 0.1) is 20.3 Å². The summed E-state index contributed by atoms with van der Waals surface area (Å²) in [6.45, 7) is -0.417. The largest absolute Gasteiger partial charge is 0.504 e. The summed E-state index contributed by atoms with van der Waals surface area (Å²) in [6.07, 6.45) is 1.88. The Balaban J connectivity index is 2.02. The lowest BCUT2D eigenvalue weighted by Gasteiger charge is -2.34. The number of fused-ring (bicyclic) bond motifs is 1. The number of aliphatic hydroxyl groups excluding tert-OH is 2. The fraction of sp³-hybridized carbons (Fsp3) is 0.263. The molecule has 0 spiro atoms. The third kappa shape index (κ3) is 3.40. The van der Waals surface area contributed by atoms with Gasteiger partial charge in [-0.15, -0.1) is 0 Å². The average Bonchev–Trinajstić information content (AvgIpc) is 2.66. The fourth-order valence-electron chi connectivity index (χ4n) is 2.80. The van der Waals surface area contributed by atoms with E-state index in [-0.39, 0.29) is 24.7 Å². The van der Waals surface area contributed by atoms with E-state index in [1.165, 1.54) is 19.2 Å². The molecule has 0 saturated heterocycles. The topological polar surface area (TPSA) is 109 Å². The Morgan fingerprint density at radius 2 is 1.88 bits per heavy atom. The van der Waals surface area contributed by atoms with Gasteiger partial charge in [-0.05, 0) is 29.8 Å². The second kappa shape index (κ2) is 7.55. The van der Waals surface area contributed by atoms with Crippen LogP contribution in [0.15, 0.2) is 36.4 Å². The standard InChI is InChI=1S/C19H20O7/c1-24-15-7-11(3-2-6-20)8-16-19(15)26-17(10-21)18(25-16)12-4-5-13(22)14(23)9-12/h2-5,7-9,17-18,20-23H,6,10H2,1H3/b3-2+/t17-,18-/m0/s1. The maximum Gasteiger partial charge on any atom is 0.204 e. The van der Waals surface area contributed by atoms with E-state index in [0.29, 0.717) is 22.8 Å². The highest BCUT2D eigenvalue weighted by Crippen LogP contribution is 2.46. The van der Waals surface area contributed by atoms with Crippen LogP contribution in [0.2, 0.25) is 0 Å². The summed E-state index contributed by atoms with van der Waals surface area (Å²) in [4.78, 5) is 0. The van der Waals surface area contributed by atoms with Crippen LogP contribution in [-0.4, -0.2) is 46.9 Å². The lowest BCUT2D eigenvalue weighted by Crippen LogP contribution is -2.36. The van der Waals surface area contributed by atoms with Crippen molar-refractivity contribution < 1.29 is 34.6 Å². The van der Waals surface area contributed by atoms with Crippen LogP contribution in [0, 0.1) is 0 Å². The van der Waals surface area contributed by atoms with Gasteiger partial charge in [0.25, 0.3) is 0 Å². The highest BCUT2D eigenvalue weighted by atomic mass is 16.6. The fourth-order valence-corrected chi connectivity index (χ4v) is 2.80. The van der Waals surface area contributed by atoms with E-state index in [2.05, 4.69) is 0 Å². The number of phenolic OH excluding ortho intramolecular Hbond substituents is 2. The molecule has 2 aromatic rings. The Kier molecular flexibility index (Phi) is 5.20. The second-order valence-corrected chi connectivity index (χ2v) is 5.76. The lowest BCUT2D eigenvalue weighted by molar-refractivity contribution is -0.0141. The number of methoxy groups -OCH3 is 1. The van der Waals surface area contributed by atoms with Gasteiger partial charge in [0.1, 0.15) is 0 Å². The first-order valence-corrected chi connectivity index (χ1v) is 8.02. The number of benzene rings is 2. The molecule has 0 unspecified atom stereocenters. The highest BCUT2D eigenvalue weighted by molar-refractivity contribution is 5.63. The van der Waals surface area contributed by atoms with Crippen LogP contribution in [0.1, 0.15) is 17.2 Å². The molecular formula is C19H20O7. The Labute approximate surface area is 150 Å². The Morgan fingerprint density at radius 1 is 1.08 bits per heavy atom. The van der Waals surface area contributed by atoms with Crippen LogP contribution in [0.5, 0.6) is 28.7 Å². The molecule has 7 heteroatoms. The van der Waals surface area contributed by atoms with Gasteiger partial charge in [0.15, 0.2) is 35.2 Å². The Morgan fingerprint density at radius 3 is 2.54 bits per heavy atom. The molecule has 0 aliphatic carbocycles. The lowest BCUT2D eigenvalue weighted by atomic mass is 10.0. The average molecular weight is 360 g/mol. The molecule has 3 rings (SSSR count). The highest BCUT2D eigenvalue weighted by Gasteiger charge is 2.35. The molecule has 1 aliphatic heterocycles. The molecule has 0 saturated carbocycles. The number of aromatic hydroxyl groups is 2. The van der Waals surface area contributed by atoms with Gasteiger partial charge < -0.3 is 34.6 Å². The molecule has 4 N–H and O–H groups in total. The van der Waals surface area contributed by atoms with Crippen LogP contribution < -0.4 is 14.2 Å². The zero-order valence-corrected chi connectivity index (χ0v) is 14.1. The predicted octanol–water partition coefficient (Wildman–Crippen LogP) is 1.99. The monoisotopic (exact) mass is 360 g/mol. The molecule has 0 radical (unpaired) electrons. The smallest absolute Gasteiger partial charge is 0.204 e. The van der Waals surface area contributed by atoms with E-state index in [4.69, 9.17) is 19.3 Å². The van der Waals surface area contributed by atoms with Crippen molar-refractivity contribution in [3.8, 4) is 28.7 Å². The molecule has 1 aliphatic rings. The van der Waals surface area contributed by atoms with E-state index in [1.807, 2.05) is 0 Å². The molecule has 7 nitrogen and oxygen atoms in total. The van der Waals surface area contributed by atoms with Crippen molar-refractivity contribution in [2.45, 2.75) is 12.2 Å². The minimum absolute atomic E-state index is 0.0985. The SMILES string of the molecule is COc1cc(/C=C/CO)cc2c1O[C@@H](CO)[C@H](c1ccc(O)c(O)c1)O2. The summed E-state index contributed by atoms with van der Waals surface area (Å²) in [5, 5.41) is 37.9. The van der Waals surface area contributed by atoms with E-state index in [1.54, 1.807) is 30.4 Å². The van der Waals surface area contributed by atoms with Crippen molar-refractivity contribution in [3.63, 3.8) is 0 Å². The molecule has 1 heterocycles. The van der Waals surface area contributed by atoms with Crippen molar-refractivity contribution in [3.05, 3.63) is 47.5 Å². The van der Waals surface area contributed by atoms with Crippen molar-refractivity contribution in [1.29, 1.82) is 0 Å². The number of hydrogen-bond acceptors (Lipinski definition) is 7. The van der Waals surface area contributed by atoms with Gasteiger partial charge in [-0.25, -0.2) is 0 Å². The van der Waals surface area contributed by atoms with Crippen LogP contribution in [0.3, 0.4) is 0 Å². The molecule has 2 aromatic carbocycles. The van der Waals surface area contributed by atoms with Crippen molar-refractivity contribution >= 4 is 6.08 Å². The third-order valence-electron chi connectivity index (χ3n) is 4.05. The second-order valence-electron chi connectivity index (χ2n) is 5.76. The van der Waals surface area contributed by atoms with Crippen molar-refractivity contribution in [1.82, 2.24) is 0 Å². The van der Waals surface area contributed by atoms with Gasteiger partial charge in [-0.3, -0.25) is 0 Å². The first kappa shape index (κ1) is 17.9. The van der Waals surface area contributed by atoms with Gasteiger partial charge in [0.2, 0.25) is 5.75 Å². The van der Waals surface area contributed by atoms with Crippen molar-refractivity contribution in [2.75, 3.05) is 20.3 Å². The molecule has 0 bridgehead atoms. The summed E-state index contributed by atoms with van der Waals surface area (Å²) in [5.74, 6) is 0.678. The Bertz CT molecular complexity index is 816. The van der Waals surface area contributed by atoms with E-state index in [9.17, 15) is 15.3 Å². The number of rotatable bonds is 5. The molecular weight excluding hydrogens is 340 g/mol. The molecule has 26 heavy (non-hydrogen) atoms. The quantitative estimate of drug-likeness (QED) is 0.604. The van der Waals surface area contributed by atoms with E-state index in [0.717, 1.165) is 5.56 Å². The molecule has 0 fully saturated rings. The van der Waals surface area contributed by atoms with Gasteiger partial charge in [0, 0.05) is 5.56 Å². The normalized spacial score (nSPS) is 18.9. The minimum atomic E-state index is -0.723. The molecule has 2 atom stereocenters. The summed E-state index contributed by atoms with van der Waals surface area (Å²) in [5.41, 5.74) is 1.29. The van der Waals surface area contributed by atoms with Gasteiger partial charge in [-0.1, -0.05) is 18.2 Å².